The molecule has 0 amide bonds. The number of rotatable bonds is 6. The van der Waals surface area contributed by atoms with E-state index in [0.29, 0.717) is 5.69 Å². The van der Waals surface area contributed by atoms with Gasteiger partial charge >= 0.3 is 6.61 Å². The average Bonchev–Trinajstić information content (AvgIpc) is 2.63. The van der Waals surface area contributed by atoms with Crippen molar-refractivity contribution in [3.8, 4) is 5.75 Å². The van der Waals surface area contributed by atoms with Crippen molar-refractivity contribution in [2.75, 3.05) is 35.8 Å². The minimum atomic E-state index is -3.94. The molecule has 1 heterocycles. The van der Waals surface area contributed by atoms with Gasteiger partial charge in [-0.1, -0.05) is 12.1 Å². The second-order valence-corrected chi connectivity index (χ2v) is 7.88. The number of nitrogens with zero attached hydrogens (tertiary/aromatic N) is 1. The Hall–Kier alpha value is -2.10. The van der Waals surface area contributed by atoms with Gasteiger partial charge in [-0.2, -0.15) is 8.78 Å². The molecule has 0 aromatic heterocycles. The molecular weight excluding hydrogens is 412 g/mol. The van der Waals surface area contributed by atoms with Crippen LogP contribution in [-0.2, 0) is 10.0 Å². The predicted octanol–water partition coefficient (Wildman–Crippen LogP) is 3.23. The maximum Gasteiger partial charge on any atom is 0.387 e. The Kier molecular flexibility index (Phi) is 7.45. The number of benzene rings is 2. The van der Waals surface area contributed by atoms with Crippen molar-refractivity contribution in [1.29, 1.82) is 0 Å². The zero-order chi connectivity index (χ0) is 19.4. The number of ether oxygens (including phenoxy) is 1. The summed E-state index contributed by atoms with van der Waals surface area (Å²) in [5, 5.41) is 3.28. The monoisotopic (exact) mass is 433 g/mol. The Morgan fingerprint density at radius 2 is 1.86 bits per heavy atom. The molecule has 154 valence electrons. The lowest BCUT2D eigenvalue weighted by atomic mass is 10.1. The van der Waals surface area contributed by atoms with E-state index in [9.17, 15) is 17.2 Å². The Balaban J connectivity index is 0.00000280. The standard InChI is InChI=1S/C18H21F2N3O3S.ClH/c1-13-5-6-14(11-17(13)23-9-7-21-8-10-23)22-27(24,25)16-4-2-3-15(12-16)26-18(19)20;/h2-6,11-12,18,21-22H,7-10H2,1H3;1H. The number of alkyl halides is 2. The van der Waals surface area contributed by atoms with Crippen LogP contribution in [0.4, 0.5) is 20.2 Å². The van der Waals surface area contributed by atoms with E-state index >= 15 is 0 Å². The van der Waals surface area contributed by atoms with Crippen LogP contribution in [0.15, 0.2) is 47.4 Å². The number of sulfonamides is 1. The van der Waals surface area contributed by atoms with Crippen molar-refractivity contribution in [1.82, 2.24) is 5.32 Å². The van der Waals surface area contributed by atoms with Crippen LogP contribution in [-0.4, -0.2) is 41.2 Å². The fraction of sp³-hybridized carbons (Fsp3) is 0.333. The smallest absolute Gasteiger partial charge is 0.387 e. The lowest BCUT2D eigenvalue weighted by Crippen LogP contribution is -2.43. The lowest BCUT2D eigenvalue weighted by Gasteiger charge is -2.31. The van der Waals surface area contributed by atoms with Gasteiger partial charge in [-0.15, -0.1) is 12.4 Å². The molecule has 28 heavy (non-hydrogen) atoms. The molecule has 1 aliphatic rings. The van der Waals surface area contributed by atoms with Crippen molar-refractivity contribution in [2.45, 2.75) is 18.4 Å². The van der Waals surface area contributed by atoms with Crippen LogP contribution in [0.2, 0.25) is 0 Å². The number of piperazine rings is 1. The minimum Gasteiger partial charge on any atom is -0.435 e. The zero-order valence-corrected chi connectivity index (χ0v) is 16.8. The van der Waals surface area contributed by atoms with Crippen molar-refractivity contribution < 1.29 is 21.9 Å². The van der Waals surface area contributed by atoms with Crippen molar-refractivity contribution >= 4 is 33.8 Å². The fourth-order valence-corrected chi connectivity index (χ4v) is 4.04. The van der Waals surface area contributed by atoms with Gasteiger partial charge in [0.15, 0.2) is 0 Å². The molecule has 1 fully saturated rings. The first kappa shape index (κ1) is 22.2. The van der Waals surface area contributed by atoms with Crippen LogP contribution in [0.5, 0.6) is 5.75 Å². The lowest BCUT2D eigenvalue weighted by molar-refractivity contribution is -0.0499. The molecule has 0 radical (unpaired) electrons. The van der Waals surface area contributed by atoms with E-state index in [-0.39, 0.29) is 23.1 Å². The third kappa shape index (κ3) is 5.46. The first-order valence-corrected chi connectivity index (χ1v) is 9.97. The van der Waals surface area contributed by atoms with Crippen molar-refractivity contribution in [3.05, 3.63) is 48.0 Å². The highest BCUT2D eigenvalue weighted by Gasteiger charge is 2.18. The van der Waals surface area contributed by atoms with E-state index in [4.69, 9.17) is 0 Å². The summed E-state index contributed by atoms with van der Waals surface area (Å²) < 4.78 is 56.8. The molecule has 0 bridgehead atoms. The van der Waals surface area contributed by atoms with Crippen molar-refractivity contribution in [3.63, 3.8) is 0 Å². The van der Waals surface area contributed by atoms with Crippen LogP contribution in [0.25, 0.3) is 0 Å². The highest BCUT2D eigenvalue weighted by Crippen LogP contribution is 2.27. The summed E-state index contributed by atoms with van der Waals surface area (Å²) in [6.45, 7) is 2.36. The third-order valence-corrected chi connectivity index (χ3v) is 5.64. The van der Waals surface area contributed by atoms with Crippen LogP contribution < -0.4 is 19.7 Å². The molecule has 0 spiro atoms. The van der Waals surface area contributed by atoms with Gasteiger partial charge in [0.1, 0.15) is 5.75 Å². The summed E-state index contributed by atoms with van der Waals surface area (Å²) in [5.41, 5.74) is 2.42. The van der Waals surface area contributed by atoms with E-state index in [1.54, 1.807) is 12.1 Å². The predicted molar refractivity (Wildman–Crippen MR) is 107 cm³/mol. The summed E-state index contributed by atoms with van der Waals surface area (Å²) in [7, 11) is -3.94. The average molecular weight is 434 g/mol. The normalized spacial score (nSPS) is 14.5. The maximum atomic E-state index is 12.6. The van der Waals surface area contributed by atoms with Crippen molar-refractivity contribution in [2.24, 2.45) is 0 Å². The quantitative estimate of drug-likeness (QED) is 0.732. The molecule has 1 aliphatic heterocycles. The Morgan fingerprint density at radius 3 is 2.54 bits per heavy atom. The van der Waals surface area contributed by atoms with Gasteiger partial charge < -0.3 is 15.0 Å². The molecule has 1 saturated heterocycles. The van der Waals surface area contributed by atoms with E-state index in [1.165, 1.54) is 18.2 Å². The first-order valence-electron chi connectivity index (χ1n) is 8.49. The number of nitrogens with one attached hydrogen (secondary N) is 2. The molecular formula is C18H22ClF2N3O3S. The Bertz CT molecular complexity index is 907. The fourth-order valence-electron chi connectivity index (χ4n) is 2.95. The molecule has 10 heteroatoms. The molecule has 0 saturated carbocycles. The summed E-state index contributed by atoms with van der Waals surface area (Å²) in [5.74, 6) is -0.210. The van der Waals surface area contributed by atoms with Gasteiger partial charge in [-0.25, -0.2) is 8.42 Å². The van der Waals surface area contributed by atoms with Gasteiger partial charge in [-0.05, 0) is 36.8 Å². The molecule has 0 atom stereocenters. The van der Waals surface area contributed by atoms with Gasteiger partial charge in [0.25, 0.3) is 10.0 Å². The maximum absolute atomic E-state index is 12.6. The van der Waals surface area contributed by atoms with Gasteiger partial charge in [0.05, 0.1) is 10.6 Å². The van der Waals surface area contributed by atoms with Crippen LogP contribution in [0, 0.1) is 6.92 Å². The van der Waals surface area contributed by atoms with Crippen LogP contribution in [0.1, 0.15) is 5.56 Å². The molecule has 2 N–H and O–H groups in total. The largest absolute Gasteiger partial charge is 0.435 e. The minimum absolute atomic E-state index is 0. The van der Waals surface area contributed by atoms with E-state index in [2.05, 4.69) is 19.7 Å². The van der Waals surface area contributed by atoms with Gasteiger partial charge in [0.2, 0.25) is 0 Å². The van der Waals surface area contributed by atoms with Gasteiger partial charge in [-0.3, -0.25) is 4.72 Å². The molecule has 3 rings (SSSR count). The Morgan fingerprint density at radius 1 is 1.14 bits per heavy atom. The third-order valence-electron chi connectivity index (χ3n) is 4.26. The van der Waals surface area contributed by atoms with E-state index in [1.807, 2.05) is 13.0 Å². The second kappa shape index (κ2) is 9.40. The van der Waals surface area contributed by atoms with Crippen LogP contribution in [0.3, 0.4) is 0 Å². The molecule has 2 aromatic rings. The van der Waals surface area contributed by atoms with Gasteiger partial charge in [0, 0.05) is 37.9 Å². The Labute approximate surface area is 169 Å². The number of anilines is 2. The number of hydrogen-bond acceptors (Lipinski definition) is 5. The molecule has 0 unspecified atom stereocenters. The SMILES string of the molecule is Cc1ccc(NS(=O)(=O)c2cccc(OC(F)F)c2)cc1N1CCNCC1.Cl. The number of hydrogen-bond donors (Lipinski definition) is 2. The summed E-state index contributed by atoms with van der Waals surface area (Å²) >= 11 is 0. The highest BCUT2D eigenvalue weighted by molar-refractivity contribution is 7.92. The number of halogens is 3. The summed E-state index contributed by atoms with van der Waals surface area (Å²) in [4.78, 5) is 2.05. The second-order valence-electron chi connectivity index (χ2n) is 6.20. The van der Waals surface area contributed by atoms with Crippen LogP contribution >= 0.6 is 12.4 Å². The highest BCUT2D eigenvalue weighted by atomic mass is 35.5. The zero-order valence-electron chi connectivity index (χ0n) is 15.2. The molecule has 2 aromatic carbocycles. The molecule has 6 nitrogen and oxygen atoms in total. The summed E-state index contributed by atoms with van der Waals surface area (Å²) in [6.07, 6.45) is 0. The summed E-state index contributed by atoms with van der Waals surface area (Å²) in [6, 6.07) is 10.3. The molecule has 0 aliphatic carbocycles. The van der Waals surface area contributed by atoms with E-state index in [0.717, 1.165) is 43.5 Å². The van der Waals surface area contributed by atoms with E-state index < -0.39 is 16.6 Å². The topological polar surface area (TPSA) is 70.7 Å². The first-order chi connectivity index (χ1) is 12.8. The number of aryl methyl sites for hydroxylation is 1.